The summed E-state index contributed by atoms with van der Waals surface area (Å²) >= 11 is 0. The molecule has 0 aliphatic heterocycles. The van der Waals surface area contributed by atoms with Gasteiger partial charge in [0.25, 0.3) is 10.1 Å². The van der Waals surface area contributed by atoms with Gasteiger partial charge < -0.3 is 9.84 Å². The number of phenolic OH excluding ortho intramolecular Hbond substituents is 1. The molecule has 0 atom stereocenters. The standard InChI is InChI=1S/C19H24O5S/c1-2-3-4-5-7-10-15-13-17(20)19(25(21,22)23)14-18(15)24-16-11-8-6-9-12-16/h6,8-9,11-14,20H,2-5,7,10H2,1H3,(H,21,22,23). The minimum atomic E-state index is -4.53. The Hall–Kier alpha value is -2.05. The van der Waals surface area contributed by atoms with Gasteiger partial charge in [0.1, 0.15) is 22.1 Å². The Morgan fingerprint density at radius 2 is 1.68 bits per heavy atom. The molecule has 2 rings (SSSR count). The predicted molar refractivity (Wildman–Crippen MR) is 96.9 cm³/mol. The van der Waals surface area contributed by atoms with Gasteiger partial charge in [0.05, 0.1) is 0 Å². The Kier molecular flexibility index (Phi) is 6.84. The summed E-state index contributed by atoms with van der Waals surface area (Å²) in [5.74, 6) is 0.417. The zero-order valence-electron chi connectivity index (χ0n) is 14.3. The number of para-hydroxylation sites is 1. The van der Waals surface area contributed by atoms with Gasteiger partial charge in [0.15, 0.2) is 0 Å². The van der Waals surface area contributed by atoms with E-state index in [1.54, 1.807) is 12.1 Å². The third kappa shape index (κ3) is 5.76. The van der Waals surface area contributed by atoms with E-state index in [4.69, 9.17) is 4.74 Å². The van der Waals surface area contributed by atoms with Gasteiger partial charge in [-0.1, -0.05) is 50.8 Å². The molecule has 2 aromatic carbocycles. The van der Waals surface area contributed by atoms with E-state index in [0.29, 0.717) is 23.5 Å². The molecule has 25 heavy (non-hydrogen) atoms. The van der Waals surface area contributed by atoms with Crippen LogP contribution in [0.25, 0.3) is 0 Å². The molecule has 0 aliphatic carbocycles. The van der Waals surface area contributed by atoms with Crippen LogP contribution in [0.1, 0.15) is 44.6 Å². The van der Waals surface area contributed by atoms with Crippen molar-refractivity contribution in [2.24, 2.45) is 0 Å². The van der Waals surface area contributed by atoms with Crippen molar-refractivity contribution in [3.8, 4) is 17.2 Å². The van der Waals surface area contributed by atoms with Crippen LogP contribution >= 0.6 is 0 Å². The summed E-state index contributed by atoms with van der Waals surface area (Å²) in [4.78, 5) is -0.548. The smallest absolute Gasteiger partial charge is 0.298 e. The molecule has 0 fully saturated rings. The molecule has 2 aromatic rings. The lowest BCUT2D eigenvalue weighted by atomic mass is 10.0. The maximum absolute atomic E-state index is 11.4. The number of unbranched alkanes of at least 4 members (excludes halogenated alkanes) is 4. The lowest BCUT2D eigenvalue weighted by Crippen LogP contribution is -2.01. The number of benzene rings is 2. The summed E-state index contributed by atoms with van der Waals surface area (Å²) in [6, 6.07) is 11.5. The van der Waals surface area contributed by atoms with Crippen LogP contribution in [0.3, 0.4) is 0 Å². The summed E-state index contributed by atoms with van der Waals surface area (Å²) < 4.78 is 38.0. The number of aromatic hydroxyl groups is 1. The minimum absolute atomic E-state index is 0.326. The summed E-state index contributed by atoms with van der Waals surface area (Å²) in [7, 11) is -4.53. The van der Waals surface area contributed by atoms with Gasteiger partial charge in [-0.2, -0.15) is 8.42 Å². The van der Waals surface area contributed by atoms with Gasteiger partial charge in [-0.15, -0.1) is 0 Å². The lowest BCUT2D eigenvalue weighted by molar-refractivity contribution is 0.432. The second-order valence-electron chi connectivity index (χ2n) is 5.98. The first-order valence-electron chi connectivity index (χ1n) is 8.48. The van der Waals surface area contributed by atoms with E-state index in [9.17, 15) is 18.1 Å². The van der Waals surface area contributed by atoms with Crippen molar-refractivity contribution in [3.63, 3.8) is 0 Å². The van der Waals surface area contributed by atoms with Crippen molar-refractivity contribution in [2.45, 2.75) is 50.3 Å². The van der Waals surface area contributed by atoms with E-state index < -0.39 is 20.8 Å². The molecule has 0 aliphatic rings. The van der Waals surface area contributed by atoms with Crippen molar-refractivity contribution in [1.82, 2.24) is 0 Å². The highest BCUT2D eigenvalue weighted by molar-refractivity contribution is 7.86. The lowest BCUT2D eigenvalue weighted by Gasteiger charge is -2.14. The van der Waals surface area contributed by atoms with Crippen molar-refractivity contribution in [2.75, 3.05) is 0 Å². The van der Waals surface area contributed by atoms with Crippen LogP contribution in [0.5, 0.6) is 17.2 Å². The molecule has 6 heteroatoms. The van der Waals surface area contributed by atoms with Crippen LogP contribution in [0, 0.1) is 0 Å². The molecule has 0 amide bonds. The number of aryl methyl sites for hydroxylation is 1. The maximum atomic E-state index is 11.4. The largest absolute Gasteiger partial charge is 0.506 e. The molecule has 0 bridgehead atoms. The van der Waals surface area contributed by atoms with E-state index >= 15 is 0 Å². The molecule has 136 valence electrons. The number of rotatable bonds is 9. The first kappa shape index (κ1) is 19.3. The second kappa shape index (κ2) is 8.87. The highest BCUT2D eigenvalue weighted by atomic mass is 32.2. The predicted octanol–water partition coefficient (Wildman–Crippen LogP) is 4.94. The molecule has 5 nitrogen and oxygen atoms in total. The summed E-state index contributed by atoms with van der Waals surface area (Å²) in [5.41, 5.74) is 0.713. The average molecular weight is 364 g/mol. The van der Waals surface area contributed by atoms with Crippen molar-refractivity contribution >= 4 is 10.1 Å². The van der Waals surface area contributed by atoms with Crippen LogP contribution < -0.4 is 4.74 Å². The van der Waals surface area contributed by atoms with Crippen LogP contribution in [0.15, 0.2) is 47.4 Å². The maximum Gasteiger partial charge on any atom is 0.298 e. The Morgan fingerprint density at radius 1 is 1.00 bits per heavy atom. The third-order valence-electron chi connectivity index (χ3n) is 3.94. The molecule has 0 radical (unpaired) electrons. The topological polar surface area (TPSA) is 83.8 Å². The quantitative estimate of drug-likeness (QED) is 0.486. The normalized spacial score (nSPS) is 11.4. The molecule has 0 unspecified atom stereocenters. The van der Waals surface area contributed by atoms with Gasteiger partial charge in [-0.3, -0.25) is 4.55 Å². The zero-order valence-corrected chi connectivity index (χ0v) is 15.1. The van der Waals surface area contributed by atoms with E-state index in [1.165, 1.54) is 18.6 Å². The van der Waals surface area contributed by atoms with Crippen LogP contribution in [-0.2, 0) is 16.5 Å². The number of phenols is 1. The summed E-state index contributed by atoms with van der Waals surface area (Å²) in [6.45, 7) is 2.15. The molecule has 0 heterocycles. The Morgan fingerprint density at radius 3 is 2.32 bits per heavy atom. The van der Waals surface area contributed by atoms with Gasteiger partial charge in [0, 0.05) is 6.07 Å². The Bertz CT molecular complexity index is 785. The second-order valence-corrected chi connectivity index (χ2v) is 7.37. The number of hydrogen-bond acceptors (Lipinski definition) is 4. The van der Waals surface area contributed by atoms with Gasteiger partial charge in [-0.05, 0) is 36.6 Å². The molecular formula is C19H24O5S. The van der Waals surface area contributed by atoms with Crippen molar-refractivity contribution < 1.29 is 22.8 Å². The van der Waals surface area contributed by atoms with E-state index in [1.807, 2.05) is 18.2 Å². The van der Waals surface area contributed by atoms with Crippen LogP contribution in [0.4, 0.5) is 0 Å². The van der Waals surface area contributed by atoms with Gasteiger partial charge >= 0.3 is 0 Å². The SMILES string of the molecule is CCCCCCCc1cc(O)c(S(=O)(=O)O)cc1Oc1ccccc1. The molecule has 0 spiro atoms. The molecule has 2 N–H and O–H groups in total. The highest BCUT2D eigenvalue weighted by Gasteiger charge is 2.20. The van der Waals surface area contributed by atoms with Crippen molar-refractivity contribution in [1.29, 1.82) is 0 Å². The molecule has 0 saturated carbocycles. The third-order valence-corrected chi connectivity index (χ3v) is 4.82. The van der Waals surface area contributed by atoms with Gasteiger partial charge in [-0.25, -0.2) is 0 Å². The van der Waals surface area contributed by atoms with E-state index in [0.717, 1.165) is 25.7 Å². The monoisotopic (exact) mass is 364 g/mol. The first-order valence-corrected chi connectivity index (χ1v) is 9.92. The van der Waals surface area contributed by atoms with Gasteiger partial charge in [0.2, 0.25) is 0 Å². The summed E-state index contributed by atoms with van der Waals surface area (Å²) in [6.07, 6.45) is 6.10. The fourth-order valence-electron chi connectivity index (χ4n) is 2.62. The molecule has 0 aromatic heterocycles. The minimum Gasteiger partial charge on any atom is -0.506 e. The fourth-order valence-corrected chi connectivity index (χ4v) is 3.20. The molecule has 0 saturated heterocycles. The number of hydrogen-bond donors (Lipinski definition) is 2. The molecular weight excluding hydrogens is 340 g/mol. The Balaban J connectivity index is 2.27. The van der Waals surface area contributed by atoms with Crippen molar-refractivity contribution in [3.05, 3.63) is 48.0 Å². The van der Waals surface area contributed by atoms with E-state index in [-0.39, 0.29) is 0 Å². The summed E-state index contributed by atoms with van der Waals surface area (Å²) in [5, 5.41) is 9.96. The van der Waals surface area contributed by atoms with E-state index in [2.05, 4.69) is 6.92 Å². The Labute approximate surface area is 149 Å². The zero-order chi connectivity index (χ0) is 18.3. The van der Waals surface area contributed by atoms with Crippen LogP contribution in [0.2, 0.25) is 0 Å². The highest BCUT2D eigenvalue weighted by Crippen LogP contribution is 2.35. The average Bonchev–Trinajstić information content (AvgIpc) is 2.56. The van der Waals surface area contributed by atoms with Crippen LogP contribution in [-0.4, -0.2) is 18.1 Å². The fraction of sp³-hybridized carbons (Fsp3) is 0.368. The first-order chi connectivity index (χ1) is 11.9. The number of ether oxygens (including phenoxy) is 1.